The number of methoxy groups -OCH3 is 1. The van der Waals surface area contributed by atoms with Gasteiger partial charge in [-0.3, -0.25) is 9.59 Å². The fraction of sp³-hybridized carbons (Fsp3) is 0.333. The first-order chi connectivity index (χ1) is 13.7. The number of ether oxygens (including phenoxy) is 1. The number of fused-ring (bicyclic) bond motifs is 1. The summed E-state index contributed by atoms with van der Waals surface area (Å²) in [5, 5.41) is 11.6. The number of aromatic nitrogens is 3. The van der Waals surface area contributed by atoms with Gasteiger partial charge in [0.15, 0.2) is 0 Å². The van der Waals surface area contributed by atoms with Gasteiger partial charge in [0.05, 0.1) is 23.8 Å². The molecule has 144 valence electrons. The molecule has 2 aromatic heterocycles. The molecule has 0 atom stereocenters. The molecule has 2 N–H and O–H groups in total. The number of benzene rings is 1. The number of carbonyl (C=O) groups is 1. The van der Waals surface area contributed by atoms with Crippen LogP contribution in [0.25, 0.3) is 10.8 Å². The van der Waals surface area contributed by atoms with E-state index < -0.39 is 0 Å². The Balaban J connectivity index is 1.42. The lowest BCUT2D eigenvalue weighted by molar-refractivity contribution is 0.0925. The van der Waals surface area contributed by atoms with Crippen LogP contribution in [0.4, 0.5) is 0 Å². The quantitative estimate of drug-likeness (QED) is 0.728. The second-order valence-electron chi connectivity index (χ2n) is 7.09. The van der Waals surface area contributed by atoms with E-state index in [0.29, 0.717) is 16.8 Å². The summed E-state index contributed by atoms with van der Waals surface area (Å²) >= 11 is 0. The van der Waals surface area contributed by atoms with E-state index >= 15 is 0 Å². The molecule has 1 aliphatic rings. The molecule has 7 heteroatoms. The van der Waals surface area contributed by atoms with Crippen LogP contribution in [-0.2, 0) is 0 Å². The first-order valence-electron chi connectivity index (χ1n) is 9.44. The Morgan fingerprint density at radius 1 is 1.11 bits per heavy atom. The third-order valence-electron chi connectivity index (χ3n) is 5.38. The average Bonchev–Trinajstić information content (AvgIpc) is 2.75. The fourth-order valence-corrected chi connectivity index (χ4v) is 3.86. The number of nitrogens with one attached hydrogen (secondary N) is 2. The number of hydrogen-bond donors (Lipinski definition) is 2. The number of pyridine rings is 1. The minimum atomic E-state index is -0.159. The van der Waals surface area contributed by atoms with Gasteiger partial charge in [-0.15, -0.1) is 0 Å². The van der Waals surface area contributed by atoms with Crippen LogP contribution >= 0.6 is 0 Å². The monoisotopic (exact) mass is 378 g/mol. The van der Waals surface area contributed by atoms with Crippen LogP contribution in [0.5, 0.6) is 5.88 Å². The maximum absolute atomic E-state index is 12.4. The van der Waals surface area contributed by atoms with Crippen molar-refractivity contribution in [1.82, 2.24) is 20.5 Å². The standard InChI is InChI=1S/C21H22N4O3/c1-28-18-11-8-14(12-22-18)20(26)23-15-9-6-13(7-10-15)19-16-4-2-3-5-17(16)21(27)25-24-19/h2-5,8,11-13,15H,6-7,9-10H2,1H3,(H,23,26)(H,25,27)/t13-,15-. The number of amides is 1. The molecule has 0 radical (unpaired) electrons. The van der Waals surface area contributed by atoms with Gasteiger partial charge < -0.3 is 10.1 Å². The van der Waals surface area contributed by atoms with Crippen molar-refractivity contribution < 1.29 is 9.53 Å². The summed E-state index contributed by atoms with van der Waals surface area (Å²) in [6.07, 6.45) is 5.09. The van der Waals surface area contributed by atoms with Gasteiger partial charge in [0.25, 0.3) is 11.5 Å². The summed E-state index contributed by atoms with van der Waals surface area (Å²) in [7, 11) is 1.54. The molecular weight excluding hydrogens is 356 g/mol. The Morgan fingerprint density at radius 3 is 2.54 bits per heavy atom. The van der Waals surface area contributed by atoms with Crippen LogP contribution in [0.2, 0.25) is 0 Å². The Labute approximate surface area is 162 Å². The Morgan fingerprint density at radius 2 is 1.86 bits per heavy atom. The van der Waals surface area contributed by atoms with Gasteiger partial charge in [-0.05, 0) is 37.8 Å². The highest BCUT2D eigenvalue weighted by atomic mass is 16.5. The van der Waals surface area contributed by atoms with Crippen molar-refractivity contribution in [3.8, 4) is 5.88 Å². The molecule has 2 heterocycles. The van der Waals surface area contributed by atoms with E-state index in [1.165, 1.54) is 6.20 Å². The molecule has 28 heavy (non-hydrogen) atoms. The van der Waals surface area contributed by atoms with E-state index in [1.54, 1.807) is 19.2 Å². The summed E-state index contributed by atoms with van der Waals surface area (Å²) in [5.41, 5.74) is 1.31. The van der Waals surface area contributed by atoms with Gasteiger partial charge in [-0.1, -0.05) is 18.2 Å². The summed E-state index contributed by atoms with van der Waals surface area (Å²) < 4.78 is 5.02. The molecule has 0 saturated heterocycles. The average molecular weight is 378 g/mol. The summed E-state index contributed by atoms with van der Waals surface area (Å²) in [6, 6.07) is 11.1. The van der Waals surface area contributed by atoms with Crippen molar-refractivity contribution in [2.75, 3.05) is 7.11 Å². The number of aromatic amines is 1. The third-order valence-corrected chi connectivity index (χ3v) is 5.38. The maximum atomic E-state index is 12.4. The van der Waals surface area contributed by atoms with E-state index in [9.17, 15) is 9.59 Å². The third kappa shape index (κ3) is 3.60. The minimum Gasteiger partial charge on any atom is -0.481 e. The zero-order valence-electron chi connectivity index (χ0n) is 15.6. The van der Waals surface area contributed by atoms with Crippen molar-refractivity contribution in [1.29, 1.82) is 0 Å². The highest BCUT2D eigenvalue weighted by Crippen LogP contribution is 2.34. The van der Waals surface area contributed by atoms with Crippen LogP contribution in [0.1, 0.15) is 47.7 Å². The highest BCUT2D eigenvalue weighted by Gasteiger charge is 2.26. The second kappa shape index (κ2) is 7.80. The molecule has 7 nitrogen and oxygen atoms in total. The van der Waals surface area contributed by atoms with E-state index in [1.807, 2.05) is 24.3 Å². The lowest BCUT2D eigenvalue weighted by atomic mass is 9.82. The van der Waals surface area contributed by atoms with Crippen molar-refractivity contribution in [3.63, 3.8) is 0 Å². The van der Waals surface area contributed by atoms with E-state index in [-0.39, 0.29) is 23.4 Å². The summed E-state index contributed by atoms with van der Waals surface area (Å²) in [6.45, 7) is 0. The zero-order valence-corrected chi connectivity index (χ0v) is 15.6. The van der Waals surface area contributed by atoms with Gasteiger partial charge in [0.1, 0.15) is 0 Å². The molecule has 1 fully saturated rings. The van der Waals surface area contributed by atoms with E-state index in [2.05, 4.69) is 20.5 Å². The van der Waals surface area contributed by atoms with Crippen LogP contribution in [0.3, 0.4) is 0 Å². The SMILES string of the molecule is COc1ccc(C(=O)N[C@H]2CC[C@H](c3n[nH]c(=O)c4ccccc43)CC2)cn1. The predicted molar refractivity (Wildman–Crippen MR) is 106 cm³/mol. The Hall–Kier alpha value is -3.22. The number of hydrogen-bond acceptors (Lipinski definition) is 5. The van der Waals surface area contributed by atoms with Crippen LogP contribution in [0, 0.1) is 0 Å². The van der Waals surface area contributed by atoms with Gasteiger partial charge in [0, 0.05) is 29.6 Å². The molecule has 1 saturated carbocycles. The molecule has 1 amide bonds. The van der Waals surface area contributed by atoms with Crippen LogP contribution in [0.15, 0.2) is 47.4 Å². The maximum Gasteiger partial charge on any atom is 0.272 e. The molecule has 1 aliphatic carbocycles. The zero-order chi connectivity index (χ0) is 19.5. The van der Waals surface area contributed by atoms with Crippen molar-refractivity contribution in [3.05, 3.63) is 64.2 Å². The van der Waals surface area contributed by atoms with Gasteiger partial charge >= 0.3 is 0 Å². The smallest absolute Gasteiger partial charge is 0.272 e. The predicted octanol–water partition coefficient (Wildman–Crippen LogP) is 2.78. The highest BCUT2D eigenvalue weighted by molar-refractivity contribution is 5.94. The molecule has 0 unspecified atom stereocenters. The number of carbonyl (C=O) groups excluding carboxylic acids is 1. The summed E-state index contributed by atoms with van der Waals surface area (Å²) in [4.78, 5) is 28.5. The normalized spacial score (nSPS) is 19.3. The number of rotatable bonds is 4. The fourth-order valence-electron chi connectivity index (χ4n) is 3.86. The van der Waals surface area contributed by atoms with Gasteiger partial charge in [0.2, 0.25) is 5.88 Å². The molecule has 0 bridgehead atoms. The van der Waals surface area contributed by atoms with Crippen molar-refractivity contribution in [2.45, 2.75) is 37.6 Å². The van der Waals surface area contributed by atoms with Crippen LogP contribution in [-0.4, -0.2) is 34.2 Å². The first-order valence-corrected chi connectivity index (χ1v) is 9.44. The number of H-pyrrole nitrogens is 1. The van der Waals surface area contributed by atoms with Crippen LogP contribution < -0.4 is 15.6 Å². The molecule has 4 rings (SSSR count). The van der Waals surface area contributed by atoms with Gasteiger partial charge in [-0.2, -0.15) is 5.10 Å². The molecule has 0 spiro atoms. The summed E-state index contributed by atoms with van der Waals surface area (Å²) in [5.74, 6) is 0.640. The molecule has 3 aromatic rings. The van der Waals surface area contributed by atoms with Crippen molar-refractivity contribution >= 4 is 16.7 Å². The Kier molecular flexibility index (Phi) is 5.06. The van der Waals surface area contributed by atoms with Gasteiger partial charge in [-0.25, -0.2) is 10.1 Å². The molecular formula is C21H22N4O3. The molecule has 0 aliphatic heterocycles. The first kappa shape index (κ1) is 18.2. The topological polar surface area (TPSA) is 97.0 Å². The second-order valence-corrected chi connectivity index (χ2v) is 7.09. The lowest BCUT2D eigenvalue weighted by Crippen LogP contribution is -2.37. The largest absolute Gasteiger partial charge is 0.481 e. The molecule has 1 aromatic carbocycles. The van der Waals surface area contributed by atoms with E-state index in [4.69, 9.17) is 4.74 Å². The lowest BCUT2D eigenvalue weighted by Gasteiger charge is -2.29. The Bertz CT molecular complexity index is 1040. The number of nitrogens with zero attached hydrogens (tertiary/aromatic N) is 2. The minimum absolute atomic E-state index is 0.119. The van der Waals surface area contributed by atoms with Crippen molar-refractivity contribution in [2.24, 2.45) is 0 Å². The van der Waals surface area contributed by atoms with E-state index in [0.717, 1.165) is 36.8 Å².